The van der Waals surface area contributed by atoms with Crippen molar-refractivity contribution in [2.24, 2.45) is 0 Å². The number of hydrogen-bond donors (Lipinski definition) is 1. The fourth-order valence-corrected chi connectivity index (χ4v) is 5.41. The van der Waals surface area contributed by atoms with Crippen LogP contribution in [0.15, 0.2) is 23.1 Å². The third kappa shape index (κ3) is 4.53. The fourth-order valence-electron chi connectivity index (χ4n) is 3.80. The molecule has 9 heteroatoms. The van der Waals surface area contributed by atoms with Gasteiger partial charge < -0.3 is 9.84 Å². The molecule has 0 bridgehead atoms. The van der Waals surface area contributed by atoms with Crippen molar-refractivity contribution in [3.63, 3.8) is 0 Å². The van der Waals surface area contributed by atoms with Gasteiger partial charge in [0.15, 0.2) is 0 Å². The summed E-state index contributed by atoms with van der Waals surface area (Å²) in [5.41, 5.74) is 1.52. The monoisotopic (exact) mass is 416 g/mol. The van der Waals surface area contributed by atoms with Crippen LogP contribution in [0.5, 0.6) is 5.75 Å². The van der Waals surface area contributed by atoms with Gasteiger partial charge >= 0.3 is 6.61 Å². The quantitative estimate of drug-likeness (QED) is 0.739. The third-order valence-corrected chi connectivity index (χ3v) is 7.47. The number of nitrogens with zero attached hydrogens (tertiary/aromatic N) is 2. The predicted molar refractivity (Wildman–Crippen MR) is 103 cm³/mol. The Morgan fingerprint density at radius 2 is 1.89 bits per heavy atom. The molecule has 0 amide bonds. The number of piperazine rings is 1. The van der Waals surface area contributed by atoms with E-state index in [1.807, 2.05) is 6.92 Å². The first-order valence-corrected chi connectivity index (χ1v) is 10.9. The number of aliphatic hydroxyl groups excluding tert-OH is 1. The maximum Gasteiger partial charge on any atom is 0.387 e. The molecule has 6 nitrogen and oxygen atoms in total. The first-order chi connectivity index (χ1) is 13.3. The molecule has 28 heavy (non-hydrogen) atoms. The number of alkyl halides is 2. The molecule has 1 N–H and O–H groups in total. The van der Waals surface area contributed by atoms with Crippen molar-refractivity contribution in [3.05, 3.63) is 34.2 Å². The highest BCUT2D eigenvalue weighted by atomic mass is 32.2. The van der Waals surface area contributed by atoms with E-state index in [0.29, 0.717) is 43.9 Å². The Hall–Kier alpha value is -1.55. The molecule has 1 saturated heterocycles. The summed E-state index contributed by atoms with van der Waals surface area (Å²) < 4.78 is 56.7. The van der Waals surface area contributed by atoms with Crippen molar-refractivity contribution in [1.82, 2.24) is 9.21 Å². The summed E-state index contributed by atoms with van der Waals surface area (Å²) >= 11 is 0. The largest absolute Gasteiger partial charge is 0.435 e. The second-order valence-electron chi connectivity index (χ2n) is 7.03. The fraction of sp³-hybridized carbons (Fsp3) is 0.579. The minimum atomic E-state index is -3.57. The van der Waals surface area contributed by atoms with E-state index in [9.17, 15) is 22.3 Å². The molecule has 1 heterocycles. The van der Waals surface area contributed by atoms with Crippen LogP contribution in [-0.4, -0.2) is 68.2 Å². The van der Waals surface area contributed by atoms with Crippen LogP contribution >= 0.6 is 0 Å². The second kappa shape index (κ2) is 8.86. The minimum absolute atomic E-state index is 0.0651. The van der Waals surface area contributed by atoms with Crippen LogP contribution in [0.3, 0.4) is 0 Å². The van der Waals surface area contributed by atoms with Crippen LogP contribution in [0.2, 0.25) is 0 Å². The molecule has 0 aromatic heterocycles. The highest BCUT2D eigenvalue weighted by molar-refractivity contribution is 7.93. The lowest BCUT2D eigenvalue weighted by molar-refractivity contribution is -0.0498. The third-order valence-electron chi connectivity index (χ3n) is 5.44. The molecule has 1 aliphatic carbocycles. The summed E-state index contributed by atoms with van der Waals surface area (Å²) in [6.45, 7) is 1.17. The maximum atomic E-state index is 13.0. The van der Waals surface area contributed by atoms with Crippen molar-refractivity contribution in [1.29, 1.82) is 0 Å². The van der Waals surface area contributed by atoms with Crippen LogP contribution in [0.1, 0.15) is 30.9 Å². The van der Waals surface area contributed by atoms with Crippen molar-refractivity contribution in [2.75, 3.05) is 32.8 Å². The average Bonchev–Trinajstić information content (AvgIpc) is 2.68. The molecule has 1 fully saturated rings. The van der Waals surface area contributed by atoms with Gasteiger partial charge in [-0.15, -0.1) is 0 Å². The second-order valence-corrected chi connectivity index (χ2v) is 9.03. The normalized spacial score (nSPS) is 20.0. The summed E-state index contributed by atoms with van der Waals surface area (Å²) in [5.74, 6) is 0.0824. The maximum absolute atomic E-state index is 13.0. The summed E-state index contributed by atoms with van der Waals surface area (Å²) in [4.78, 5) is 2.48. The van der Waals surface area contributed by atoms with Crippen LogP contribution in [0.4, 0.5) is 8.78 Å². The van der Waals surface area contributed by atoms with Crippen molar-refractivity contribution in [3.8, 4) is 5.75 Å². The summed E-state index contributed by atoms with van der Waals surface area (Å²) in [5, 5.41) is 9.44. The van der Waals surface area contributed by atoms with Crippen LogP contribution < -0.4 is 4.74 Å². The highest BCUT2D eigenvalue weighted by Crippen LogP contribution is 2.32. The molecule has 1 aliphatic heterocycles. The standard InChI is InChI=1S/C19H26F2N2O4S/c1-2-16(13-24)22-7-9-23(10-8-22)28(25,26)18-6-4-14-11-17(27-19(20)21)5-3-15(14)12-18/h3,5,11-12,16,19,24H,2,4,6-10,13H2,1H3. The Morgan fingerprint density at radius 3 is 2.50 bits per heavy atom. The Kier molecular flexibility index (Phi) is 6.69. The number of ether oxygens (including phenoxy) is 1. The summed E-state index contributed by atoms with van der Waals surface area (Å²) in [6.07, 6.45) is 3.25. The number of benzene rings is 1. The molecule has 1 aromatic rings. The van der Waals surface area contributed by atoms with Gasteiger partial charge in [0.05, 0.1) is 11.5 Å². The van der Waals surface area contributed by atoms with E-state index >= 15 is 0 Å². The number of hydrogen-bond acceptors (Lipinski definition) is 5. The first-order valence-electron chi connectivity index (χ1n) is 9.48. The van der Waals surface area contributed by atoms with E-state index in [-0.39, 0.29) is 18.4 Å². The van der Waals surface area contributed by atoms with Gasteiger partial charge in [-0.3, -0.25) is 4.90 Å². The zero-order chi connectivity index (χ0) is 20.3. The van der Waals surface area contributed by atoms with Gasteiger partial charge in [0, 0.05) is 32.2 Å². The number of rotatable bonds is 7. The van der Waals surface area contributed by atoms with Gasteiger partial charge in [-0.25, -0.2) is 8.42 Å². The lowest BCUT2D eigenvalue weighted by Gasteiger charge is -2.38. The predicted octanol–water partition coefficient (Wildman–Crippen LogP) is 2.29. The van der Waals surface area contributed by atoms with Crippen LogP contribution in [-0.2, 0) is 16.4 Å². The number of fused-ring (bicyclic) bond motifs is 1. The zero-order valence-electron chi connectivity index (χ0n) is 15.9. The number of allylic oxidation sites excluding steroid dienone is 1. The van der Waals surface area contributed by atoms with Crippen molar-refractivity contribution in [2.45, 2.75) is 38.8 Å². The van der Waals surface area contributed by atoms with E-state index in [4.69, 9.17) is 0 Å². The Labute approximate surface area is 164 Å². The lowest BCUT2D eigenvalue weighted by Crippen LogP contribution is -2.52. The van der Waals surface area contributed by atoms with Gasteiger partial charge in [0.2, 0.25) is 10.0 Å². The van der Waals surface area contributed by atoms with Gasteiger partial charge in [0.1, 0.15) is 5.75 Å². The number of aryl methyl sites for hydroxylation is 1. The van der Waals surface area contributed by atoms with E-state index in [1.54, 1.807) is 18.2 Å². The molecule has 0 spiro atoms. The molecule has 1 unspecified atom stereocenters. The van der Waals surface area contributed by atoms with Crippen molar-refractivity contribution >= 4 is 16.1 Å². The number of halogens is 2. The van der Waals surface area contributed by atoms with Gasteiger partial charge in [-0.1, -0.05) is 13.0 Å². The van der Waals surface area contributed by atoms with Gasteiger partial charge in [-0.2, -0.15) is 13.1 Å². The molecule has 1 atom stereocenters. The van der Waals surface area contributed by atoms with Crippen LogP contribution in [0, 0.1) is 0 Å². The van der Waals surface area contributed by atoms with Gasteiger partial charge in [-0.05, 0) is 48.6 Å². The summed E-state index contributed by atoms with van der Waals surface area (Å²) in [7, 11) is -3.57. The van der Waals surface area contributed by atoms with E-state index in [1.165, 1.54) is 10.4 Å². The highest BCUT2D eigenvalue weighted by Gasteiger charge is 2.32. The SMILES string of the molecule is CCC(CO)N1CCN(S(=O)(=O)C2=Cc3ccc(OC(F)F)cc3CC2)CC1. The molecular weight excluding hydrogens is 390 g/mol. The summed E-state index contributed by atoms with van der Waals surface area (Å²) in [6, 6.07) is 4.65. The first kappa shape index (κ1) is 21.2. The van der Waals surface area contributed by atoms with E-state index in [0.717, 1.165) is 17.5 Å². The van der Waals surface area contributed by atoms with Gasteiger partial charge in [0.25, 0.3) is 0 Å². The molecule has 0 saturated carbocycles. The number of sulfonamides is 1. The average molecular weight is 416 g/mol. The van der Waals surface area contributed by atoms with E-state index in [2.05, 4.69) is 9.64 Å². The topological polar surface area (TPSA) is 70.1 Å². The minimum Gasteiger partial charge on any atom is -0.435 e. The molecule has 156 valence electrons. The van der Waals surface area contributed by atoms with Crippen molar-refractivity contribution < 1.29 is 27.0 Å². The molecule has 3 rings (SSSR count). The Bertz CT molecular complexity index is 817. The van der Waals surface area contributed by atoms with E-state index < -0.39 is 16.6 Å². The van der Waals surface area contributed by atoms with Crippen LogP contribution in [0.25, 0.3) is 6.08 Å². The Morgan fingerprint density at radius 1 is 1.18 bits per heavy atom. The Balaban J connectivity index is 1.72. The molecular formula is C19H26F2N2O4S. The molecule has 0 radical (unpaired) electrons. The smallest absolute Gasteiger partial charge is 0.387 e. The lowest BCUT2D eigenvalue weighted by atomic mass is 9.97. The zero-order valence-corrected chi connectivity index (χ0v) is 16.7. The molecule has 2 aliphatic rings. The molecule has 1 aromatic carbocycles. The number of aliphatic hydroxyl groups is 1.